The third-order valence-electron chi connectivity index (χ3n) is 3.20. The fraction of sp³-hybridized carbons (Fsp3) is 0.500. The normalized spacial score (nSPS) is 19.4. The van der Waals surface area contributed by atoms with E-state index >= 15 is 0 Å². The van der Waals surface area contributed by atoms with Gasteiger partial charge in [-0.1, -0.05) is 22.0 Å². The molecule has 0 amide bonds. The smallest absolute Gasteiger partial charge is 0.0410 e. The largest absolute Gasteiger partial charge is 0.371 e. The molecule has 1 atom stereocenters. The van der Waals surface area contributed by atoms with Crippen LogP contribution in [0.25, 0.3) is 0 Å². The molecule has 0 bridgehead atoms. The molecule has 0 saturated carbocycles. The van der Waals surface area contributed by atoms with Gasteiger partial charge in [0.1, 0.15) is 0 Å². The van der Waals surface area contributed by atoms with E-state index in [9.17, 15) is 0 Å². The Bertz CT molecular complexity index is 351. The van der Waals surface area contributed by atoms with E-state index in [1.807, 2.05) is 0 Å². The Morgan fingerprint density at radius 1 is 1.53 bits per heavy atom. The number of rotatable bonds is 3. The van der Waals surface area contributed by atoms with Crippen LogP contribution in [0.2, 0.25) is 0 Å². The van der Waals surface area contributed by atoms with Gasteiger partial charge >= 0.3 is 0 Å². The van der Waals surface area contributed by atoms with Crippen molar-refractivity contribution in [1.29, 1.82) is 0 Å². The molecule has 15 heavy (non-hydrogen) atoms. The van der Waals surface area contributed by atoms with E-state index < -0.39 is 0 Å². The Kier molecular flexibility index (Phi) is 3.32. The van der Waals surface area contributed by atoms with Crippen molar-refractivity contribution < 1.29 is 0 Å². The standard InChI is InChI=1S/C12H17BrN2/c1-15-9(4-3-7-14)8-10-11(13)5-2-6-12(10)15/h2,5-6,9H,3-4,7-8,14H2,1H3. The van der Waals surface area contributed by atoms with E-state index in [1.54, 1.807) is 0 Å². The summed E-state index contributed by atoms with van der Waals surface area (Å²) in [6.07, 6.45) is 3.45. The first-order valence-electron chi connectivity index (χ1n) is 5.44. The minimum Gasteiger partial charge on any atom is -0.371 e. The van der Waals surface area contributed by atoms with Crippen molar-refractivity contribution in [3.63, 3.8) is 0 Å². The first kappa shape index (κ1) is 11.0. The Labute approximate surface area is 99.6 Å². The zero-order chi connectivity index (χ0) is 10.8. The Morgan fingerprint density at radius 3 is 3.00 bits per heavy atom. The molecule has 2 rings (SSSR count). The van der Waals surface area contributed by atoms with Crippen LogP contribution in [0.3, 0.4) is 0 Å². The molecule has 1 aliphatic rings. The van der Waals surface area contributed by atoms with Gasteiger partial charge in [-0.25, -0.2) is 0 Å². The summed E-state index contributed by atoms with van der Waals surface area (Å²) in [5.74, 6) is 0. The topological polar surface area (TPSA) is 29.3 Å². The van der Waals surface area contributed by atoms with E-state index in [0.717, 1.165) is 19.4 Å². The number of hydrogen-bond donors (Lipinski definition) is 1. The monoisotopic (exact) mass is 268 g/mol. The van der Waals surface area contributed by atoms with Gasteiger partial charge in [0.25, 0.3) is 0 Å². The maximum absolute atomic E-state index is 5.56. The van der Waals surface area contributed by atoms with Crippen LogP contribution in [-0.4, -0.2) is 19.6 Å². The van der Waals surface area contributed by atoms with Crippen LogP contribution in [0.4, 0.5) is 5.69 Å². The van der Waals surface area contributed by atoms with Crippen molar-refractivity contribution >= 4 is 21.6 Å². The SMILES string of the molecule is CN1c2cccc(Br)c2CC1CCCN. The van der Waals surface area contributed by atoms with Gasteiger partial charge in [0.2, 0.25) is 0 Å². The van der Waals surface area contributed by atoms with Gasteiger partial charge in [-0.05, 0) is 43.5 Å². The summed E-state index contributed by atoms with van der Waals surface area (Å²) >= 11 is 3.62. The molecule has 2 nitrogen and oxygen atoms in total. The lowest BCUT2D eigenvalue weighted by atomic mass is 10.1. The summed E-state index contributed by atoms with van der Waals surface area (Å²) in [4.78, 5) is 2.38. The summed E-state index contributed by atoms with van der Waals surface area (Å²) in [5, 5.41) is 0. The van der Waals surface area contributed by atoms with Crippen LogP contribution >= 0.6 is 15.9 Å². The van der Waals surface area contributed by atoms with E-state index in [2.05, 4.69) is 46.1 Å². The summed E-state index contributed by atoms with van der Waals surface area (Å²) in [7, 11) is 2.18. The van der Waals surface area contributed by atoms with Crippen molar-refractivity contribution in [2.24, 2.45) is 5.73 Å². The fourth-order valence-corrected chi connectivity index (χ4v) is 2.82. The van der Waals surface area contributed by atoms with Crippen LogP contribution in [0.1, 0.15) is 18.4 Å². The van der Waals surface area contributed by atoms with E-state index in [4.69, 9.17) is 5.73 Å². The van der Waals surface area contributed by atoms with Gasteiger partial charge in [-0.3, -0.25) is 0 Å². The lowest BCUT2D eigenvalue weighted by molar-refractivity contribution is 0.583. The number of hydrogen-bond acceptors (Lipinski definition) is 2. The number of fused-ring (bicyclic) bond motifs is 1. The number of halogens is 1. The molecule has 0 radical (unpaired) electrons. The fourth-order valence-electron chi connectivity index (χ4n) is 2.30. The molecular weight excluding hydrogens is 252 g/mol. The zero-order valence-corrected chi connectivity index (χ0v) is 10.6. The Morgan fingerprint density at radius 2 is 2.33 bits per heavy atom. The molecular formula is C12H17BrN2. The molecule has 0 aliphatic carbocycles. The van der Waals surface area contributed by atoms with E-state index in [1.165, 1.54) is 22.1 Å². The second kappa shape index (κ2) is 4.54. The highest BCUT2D eigenvalue weighted by molar-refractivity contribution is 9.10. The molecule has 1 heterocycles. The van der Waals surface area contributed by atoms with Gasteiger partial charge in [0.05, 0.1) is 0 Å². The quantitative estimate of drug-likeness (QED) is 0.913. The average molecular weight is 269 g/mol. The Balaban J connectivity index is 2.18. The van der Waals surface area contributed by atoms with Gasteiger partial charge in [-0.2, -0.15) is 0 Å². The Hall–Kier alpha value is -0.540. The lowest BCUT2D eigenvalue weighted by Crippen LogP contribution is -2.28. The maximum atomic E-state index is 5.56. The van der Waals surface area contributed by atoms with Gasteiger partial charge in [-0.15, -0.1) is 0 Å². The first-order chi connectivity index (χ1) is 7.24. The number of likely N-dealkylation sites (N-methyl/N-ethyl adjacent to an activating group) is 1. The molecule has 82 valence electrons. The molecule has 1 aromatic rings. The number of nitrogens with zero attached hydrogens (tertiary/aromatic N) is 1. The molecule has 2 N–H and O–H groups in total. The van der Waals surface area contributed by atoms with E-state index in [0.29, 0.717) is 6.04 Å². The summed E-state index contributed by atoms with van der Waals surface area (Å²) in [6, 6.07) is 7.05. The number of nitrogens with two attached hydrogens (primary N) is 1. The summed E-state index contributed by atoms with van der Waals surface area (Å²) in [5.41, 5.74) is 8.37. The molecule has 1 unspecified atom stereocenters. The highest BCUT2D eigenvalue weighted by atomic mass is 79.9. The van der Waals surface area contributed by atoms with Crippen LogP contribution in [0.15, 0.2) is 22.7 Å². The summed E-state index contributed by atoms with van der Waals surface area (Å²) in [6.45, 7) is 0.794. The maximum Gasteiger partial charge on any atom is 0.0410 e. The molecule has 0 saturated heterocycles. The minimum atomic E-state index is 0.627. The van der Waals surface area contributed by atoms with E-state index in [-0.39, 0.29) is 0 Å². The molecule has 0 aromatic heterocycles. The lowest BCUT2D eigenvalue weighted by Gasteiger charge is -2.22. The first-order valence-corrected chi connectivity index (χ1v) is 6.23. The average Bonchev–Trinajstić information content (AvgIpc) is 2.55. The van der Waals surface area contributed by atoms with Crippen molar-refractivity contribution in [2.75, 3.05) is 18.5 Å². The highest BCUT2D eigenvalue weighted by Crippen LogP contribution is 2.36. The third-order valence-corrected chi connectivity index (χ3v) is 3.95. The second-order valence-corrected chi connectivity index (χ2v) is 4.99. The number of anilines is 1. The molecule has 0 fully saturated rings. The molecule has 1 aromatic carbocycles. The van der Waals surface area contributed by atoms with Crippen molar-refractivity contribution in [3.8, 4) is 0 Å². The van der Waals surface area contributed by atoms with Gasteiger partial charge in [0.15, 0.2) is 0 Å². The molecule has 3 heteroatoms. The van der Waals surface area contributed by atoms with Crippen LogP contribution in [0, 0.1) is 0 Å². The molecule has 1 aliphatic heterocycles. The van der Waals surface area contributed by atoms with Crippen molar-refractivity contribution in [1.82, 2.24) is 0 Å². The minimum absolute atomic E-state index is 0.627. The van der Waals surface area contributed by atoms with Crippen LogP contribution in [0.5, 0.6) is 0 Å². The predicted octanol–water partition coefficient (Wildman–Crippen LogP) is 2.55. The predicted molar refractivity (Wildman–Crippen MR) is 68.3 cm³/mol. The molecule has 0 spiro atoms. The zero-order valence-electron chi connectivity index (χ0n) is 9.04. The van der Waals surface area contributed by atoms with Crippen LogP contribution < -0.4 is 10.6 Å². The second-order valence-electron chi connectivity index (χ2n) is 4.14. The highest BCUT2D eigenvalue weighted by Gasteiger charge is 2.26. The van der Waals surface area contributed by atoms with Crippen molar-refractivity contribution in [3.05, 3.63) is 28.2 Å². The third kappa shape index (κ3) is 2.04. The van der Waals surface area contributed by atoms with Gasteiger partial charge in [0, 0.05) is 23.2 Å². The van der Waals surface area contributed by atoms with Crippen LogP contribution in [-0.2, 0) is 6.42 Å². The van der Waals surface area contributed by atoms with Gasteiger partial charge < -0.3 is 10.6 Å². The summed E-state index contributed by atoms with van der Waals surface area (Å²) < 4.78 is 1.24. The van der Waals surface area contributed by atoms with Crippen molar-refractivity contribution in [2.45, 2.75) is 25.3 Å². The number of benzene rings is 1.